The molecule has 104 valence electrons. The Balaban J connectivity index is 2.76. The van der Waals surface area contributed by atoms with Gasteiger partial charge in [0.05, 0.1) is 5.76 Å². The van der Waals surface area contributed by atoms with Gasteiger partial charge in [-0.3, -0.25) is 0 Å². The lowest BCUT2D eigenvalue weighted by Gasteiger charge is -2.26. The second-order valence-corrected chi connectivity index (χ2v) is 10.8. The molecule has 0 radical (unpaired) electrons. The van der Waals surface area contributed by atoms with E-state index in [1.54, 1.807) is 6.08 Å². The number of carbonyl (C=O) groups excluding carboxylic acids is 1. The van der Waals surface area contributed by atoms with Crippen LogP contribution in [0.25, 0.3) is 0 Å². The number of allylic oxidation sites excluding steroid dienone is 2. The van der Waals surface area contributed by atoms with Crippen LogP contribution in [-0.4, -0.2) is 18.6 Å². The van der Waals surface area contributed by atoms with Crippen LogP contribution >= 0.6 is 0 Å². The van der Waals surface area contributed by atoms with E-state index in [9.17, 15) is 9.90 Å². The monoisotopic (exact) mass is 268 g/mol. The molecule has 0 unspecified atom stereocenters. The lowest BCUT2D eigenvalue weighted by Crippen LogP contribution is -2.41. The summed E-state index contributed by atoms with van der Waals surface area (Å²) >= 11 is 0. The van der Waals surface area contributed by atoms with Crippen LogP contribution in [0, 0.1) is 5.92 Å². The van der Waals surface area contributed by atoms with Crippen molar-refractivity contribution in [2.45, 2.75) is 71.0 Å². The Hall–Kier alpha value is -0.573. The van der Waals surface area contributed by atoms with E-state index in [2.05, 4.69) is 20.8 Å². The van der Waals surface area contributed by atoms with E-state index in [4.69, 9.17) is 0 Å². The third-order valence-corrected chi connectivity index (χ3v) is 10.1. The SMILES string of the molecule is CC[Si](CC)(CC)C(=O)/C=C(\O)C1CCCCC1. The maximum Gasteiger partial charge on any atom is 0.137 e. The van der Waals surface area contributed by atoms with Gasteiger partial charge in [0.2, 0.25) is 0 Å². The van der Waals surface area contributed by atoms with E-state index >= 15 is 0 Å². The number of carbonyl (C=O) groups is 1. The number of aliphatic hydroxyl groups is 1. The second-order valence-electron chi connectivity index (χ2n) is 5.61. The van der Waals surface area contributed by atoms with Crippen LogP contribution in [0.4, 0.5) is 0 Å². The van der Waals surface area contributed by atoms with Crippen LogP contribution in [0.15, 0.2) is 11.8 Å². The fourth-order valence-electron chi connectivity index (χ4n) is 3.08. The molecule has 0 amide bonds. The minimum atomic E-state index is -1.82. The predicted molar refractivity (Wildman–Crippen MR) is 79.5 cm³/mol. The number of hydrogen-bond donors (Lipinski definition) is 1. The highest BCUT2D eigenvalue weighted by molar-refractivity contribution is 7.07. The van der Waals surface area contributed by atoms with Crippen LogP contribution in [-0.2, 0) is 4.79 Å². The van der Waals surface area contributed by atoms with Gasteiger partial charge in [-0.1, -0.05) is 58.2 Å². The summed E-state index contributed by atoms with van der Waals surface area (Å²) in [5.74, 6) is 0.617. The van der Waals surface area contributed by atoms with Gasteiger partial charge in [0.25, 0.3) is 0 Å². The third kappa shape index (κ3) is 3.47. The summed E-state index contributed by atoms with van der Waals surface area (Å²) < 4.78 is 0. The number of aliphatic hydroxyl groups excluding tert-OH is 1. The van der Waals surface area contributed by atoms with Crippen LogP contribution in [0.3, 0.4) is 0 Å². The summed E-state index contributed by atoms with van der Waals surface area (Å²) in [5, 5.41) is 10.4. The van der Waals surface area contributed by atoms with Crippen molar-refractivity contribution >= 4 is 13.5 Å². The van der Waals surface area contributed by atoms with E-state index in [1.165, 1.54) is 19.3 Å². The van der Waals surface area contributed by atoms with Crippen molar-refractivity contribution in [2.75, 3.05) is 0 Å². The van der Waals surface area contributed by atoms with Gasteiger partial charge in [-0.15, -0.1) is 0 Å². The smallest absolute Gasteiger partial charge is 0.137 e. The molecule has 0 heterocycles. The van der Waals surface area contributed by atoms with Gasteiger partial charge >= 0.3 is 0 Å². The Labute approximate surface area is 112 Å². The van der Waals surface area contributed by atoms with Gasteiger partial charge in [0.15, 0.2) is 0 Å². The molecule has 2 nitrogen and oxygen atoms in total. The molecule has 1 N–H and O–H groups in total. The molecule has 18 heavy (non-hydrogen) atoms. The summed E-state index contributed by atoms with van der Waals surface area (Å²) in [6.07, 6.45) is 7.35. The molecule has 1 aliphatic rings. The molecular weight excluding hydrogens is 240 g/mol. The maximum absolute atomic E-state index is 12.4. The van der Waals surface area contributed by atoms with Crippen LogP contribution in [0.5, 0.6) is 0 Å². The minimum absolute atomic E-state index is 0.250. The van der Waals surface area contributed by atoms with Gasteiger partial charge in [0.1, 0.15) is 13.5 Å². The molecule has 0 atom stereocenters. The van der Waals surface area contributed by atoms with Gasteiger partial charge in [-0.2, -0.15) is 0 Å². The van der Waals surface area contributed by atoms with E-state index in [0.29, 0.717) is 5.76 Å². The number of hydrogen-bond acceptors (Lipinski definition) is 2. The largest absolute Gasteiger partial charge is 0.512 e. The van der Waals surface area contributed by atoms with Crippen LogP contribution in [0.2, 0.25) is 18.1 Å². The second kappa shape index (κ2) is 7.12. The first-order valence-corrected chi connectivity index (χ1v) is 10.2. The lowest BCUT2D eigenvalue weighted by molar-refractivity contribution is -0.109. The maximum atomic E-state index is 12.4. The Kier molecular flexibility index (Phi) is 6.13. The molecule has 0 aromatic heterocycles. The zero-order valence-electron chi connectivity index (χ0n) is 12.2. The lowest BCUT2D eigenvalue weighted by atomic mass is 9.88. The van der Waals surface area contributed by atoms with Crippen molar-refractivity contribution < 1.29 is 9.90 Å². The van der Waals surface area contributed by atoms with E-state index in [1.807, 2.05) is 0 Å². The van der Waals surface area contributed by atoms with Gasteiger partial charge < -0.3 is 9.90 Å². The van der Waals surface area contributed by atoms with E-state index in [-0.39, 0.29) is 11.3 Å². The zero-order chi connectivity index (χ0) is 13.6. The molecule has 1 saturated carbocycles. The minimum Gasteiger partial charge on any atom is -0.512 e. The van der Waals surface area contributed by atoms with Crippen molar-refractivity contribution in [1.29, 1.82) is 0 Å². The van der Waals surface area contributed by atoms with Crippen molar-refractivity contribution in [3.05, 3.63) is 11.8 Å². The Morgan fingerprint density at radius 1 is 1.11 bits per heavy atom. The van der Waals surface area contributed by atoms with Gasteiger partial charge in [0, 0.05) is 12.0 Å². The summed E-state index contributed by atoms with van der Waals surface area (Å²) in [5.41, 5.74) is 0. The third-order valence-electron chi connectivity index (χ3n) is 4.86. The van der Waals surface area contributed by atoms with Crippen molar-refractivity contribution in [1.82, 2.24) is 0 Å². The van der Waals surface area contributed by atoms with Gasteiger partial charge in [-0.25, -0.2) is 0 Å². The van der Waals surface area contributed by atoms with E-state index in [0.717, 1.165) is 31.0 Å². The normalized spacial score (nSPS) is 18.9. The number of rotatable bonds is 6. The Bertz CT molecular complexity index is 291. The summed E-state index contributed by atoms with van der Waals surface area (Å²) in [6, 6.07) is 2.98. The fourth-order valence-corrected chi connectivity index (χ4v) is 6.08. The predicted octanol–water partition coefficient (Wildman–Crippen LogP) is 4.63. The van der Waals surface area contributed by atoms with Crippen LogP contribution in [0.1, 0.15) is 52.9 Å². The summed E-state index contributed by atoms with van der Waals surface area (Å²) in [7, 11) is -1.82. The molecular formula is C15H28O2Si. The first-order valence-electron chi connectivity index (χ1n) is 7.54. The van der Waals surface area contributed by atoms with Crippen LogP contribution < -0.4 is 0 Å². The average Bonchev–Trinajstić information content (AvgIpc) is 2.42. The molecule has 0 spiro atoms. The molecule has 1 rings (SSSR count). The van der Waals surface area contributed by atoms with Crippen molar-refractivity contribution in [2.24, 2.45) is 5.92 Å². The molecule has 0 aromatic rings. The molecule has 0 bridgehead atoms. The molecule has 0 saturated heterocycles. The van der Waals surface area contributed by atoms with Crippen molar-refractivity contribution in [3.8, 4) is 0 Å². The standard InChI is InChI=1S/C15H28O2Si/c1-4-18(5-2,6-3)15(17)12-14(16)13-10-8-7-9-11-13/h12-13,16H,4-11H2,1-3H3/b14-12-. The highest BCUT2D eigenvalue weighted by Gasteiger charge is 2.35. The zero-order valence-corrected chi connectivity index (χ0v) is 13.2. The molecule has 1 aliphatic carbocycles. The molecule has 3 heteroatoms. The van der Waals surface area contributed by atoms with Crippen molar-refractivity contribution in [3.63, 3.8) is 0 Å². The van der Waals surface area contributed by atoms with Gasteiger partial charge in [-0.05, 0) is 12.8 Å². The first-order chi connectivity index (χ1) is 8.59. The highest BCUT2D eigenvalue weighted by atomic mass is 28.3. The quantitative estimate of drug-likeness (QED) is 0.433. The first kappa shape index (κ1) is 15.5. The summed E-state index contributed by atoms with van der Waals surface area (Å²) in [6.45, 7) is 6.38. The summed E-state index contributed by atoms with van der Waals surface area (Å²) in [4.78, 5) is 12.4. The molecule has 0 aromatic carbocycles. The fraction of sp³-hybridized carbons (Fsp3) is 0.800. The highest BCUT2D eigenvalue weighted by Crippen LogP contribution is 2.29. The Morgan fingerprint density at radius 3 is 2.06 bits per heavy atom. The molecule has 1 fully saturated rings. The topological polar surface area (TPSA) is 37.3 Å². The molecule has 0 aliphatic heterocycles. The Morgan fingerprint density at radius 2 is 1.61 bits per heavy atom. The average molecular weight is 268 g/mol. The van der Waals surface area contributed by atoms with E-state index < -0.39 is 8.07 Å².